The van der Waals surface area contributed by atoms with Crippen molar-refractivity contribution in [1.29, 1.82) is 0 Å². The van der Waals surface area contributed by atoms with Crippen LogP contribution in [0.5, 0.6) is 0 Å². The molecule has 1 aromatic heterocycles. The first-order chi connectivity index (χ1) is 21.4. The molecule has 0 unspecified atom stereocenters. The lowest BCUT2D eigenvalue weighted by atomic mass is 9.89. The minimum absolute atomic E-state index is 0.0257. The van der Waals surface area contributed by atoms with Crippen molar-refractivity contribution in [3.8, 4) is 5.69 Å². The van der Waals surface area contributed by atoms with Gasteiger partial charge in [-0.1, -0.05) is 20.3 Å². The average molecular weight is 646 g/mol. The quantitative estimate of drug-likeness (QED) is 0.390. The van der Waals surface area contributed by atoms with Crippen LogP contribution in [-0.2, 0) is 38.9 Å². The molecule has 6 rings (SSSR count). The fourth-order valence-electron chi connectivity index (χ4n) is 7.51. The number of fused-ring (bicyclic) bond motifs is 3. The molecular weight excluding hydrogens is 601 g/mol. The molecule has 2 fully saturated rings. The van der Waals surface area contributed by atoms with E-state index in [1.54, 1.807) is 10.6 Å². The van der Waals surface area contributed by atoms with E-state index < -0.39 is 33.1 Å². The Hall–Kier alpha value is -3.16. The number of halogens is 1. The van der Waals surface area contributed by atoms with Crippen molar-refractivity contribution in [3.05, 3.63) is 40.5 Å². The number of piperidine rings is 1. The summed E-state index contributed by atoms with van der Waals surface area (Å²) in [6.07, 6.45) is 6.05. The van der Waals surface area contributed by atoms with Gasteiger partial charge >= 0.3 is 6.09 Å². The molecule has 0 bridgehead atoms. The predicted octanol–water partition coefficient (Wildman–Crippen LogP) is 4.04. The highest BCUT2D eigenvalue weighted by atomic mass is 32.2. The van der Waals surface area contributed by atoms with Crippen LogP contribution in [0.2, 0.25) is 0 Å². The second-order valence-corrected chi connectivity index (χ2v) is 15.6. The van der Waals surface area contributed by atoms with Crippen molar-refractivity contribution in [1.82, 2.24) is 14.8 Å². The van der Waals surface area contributed by atoms with E-state index >= 15 is 4.39 Å². The highest BCUT2D eigenvalue weighted by Gasteiger charge is 2.43. The van der Waals surface area contributed by atoms with Gasteiger partial charge in [0.2, 0.25) is 0 Å². The highest BCUT2D eigenvalue weighted by Crippen LogP contribution is 2.44. The molecule has 4 heterocycles. The number of carbonyl (C=O) groups is 2. The third kappa shape index (κ3) is 6.71. The lowest BCUT2D eigenvalue weighted by molar-refractivity contribution is 0.0723. The van der Waals surface area contributed by atoms with E-state index in [0.29, 0.717) is 61.3 Å². The molecule has 246 valence electrons. The monoisotopic (exact) mass is 645 g/mol. The fraction of sp³-hybridized carbons (Fsp3) is 0.625. The molecule has 11 nitrogen and oxygen atoms in total. The number of aromatic nitrogens is 1. The number of amides is 2. The van der Waals surface area contributed by atoms with Gasteiger partial charge in [-0.2, -0.15) is 0 Å². The van der Waals surface area contributed by atoms with Gasteiger partial charge in [0.1, 0.15) is 11.9 Å². The van der Waals surface area contributed by atoms with E-state index in [4.69, 9.17) is 15.2 Å². The first-order valence-corrected chi connectivity index (χ1v) is 17.7. The van der Waals surface area contributed by atoms with Gasteiger partial charge in [-0.15, -0.1) is 0 Å². The zero-order chi connectivity index (χ0) is 31.9. The number of hydrogen-bond donors (Lipinski definition) is 3. The van der Waals surface area contributed by atoms with Crippen molar-refractivity contribution < 1.29 is 31.9 Å². The first-order valence-electron chi connectivity index (χ1n) is 16.0. The number of nitrogens with zero attached hydrogens (tertiary/aromatic N) is 2. The predicted molar refractivity (Wildman–Crippen MR) is 167 cm³/mol. The third-order valence-corrected chi connectivity index (χ3v) is 11.7. The lowest BCUT2D eigenvalue weighted by Crippen LogP contribution is -2.39. The second kappa shape index (κ2) is 12.6. The summed E-state index contributed by atoms with van der Waals surface area (Å²) in [5.41, 5.74) is 7.48. The van der Waals surface area contributed by atoms with Gasteiger partial charge in [-0.25, -0.2) is 17.6 Å². The zero-order valence-corrected chi connectivity index (χ0v) is 26.9. The molecule has 1 saturated carbocycles. The van der Waals surface area contributed by atoms with Gasteiger partial charge in [0, 0.05) is 30.4 Å². The number of nitrogens with one attached hydrogen (secondary N) is 2. The first kappa shape index (κ1) is 31.8. The Kier molecular flexibility index (Phi) is 8.88. The SMILES string of the molecule is CC1(C)Cc2c(c3c(n2-c2cc(F)c(C(N)=O)c(NC4CCC(OC(=O)NCCN5CCCCC5)CC4)c2)COC3)S(=O)(=O)C1. The molecule has 1 aromatic carbocycles. The molecule has 1 saturated heterocycles. The summed E-state index contributed by atoms with van der Waals surface area (Å²) in [6.45, 7) is 7.72. The Labute approximate surface area is 263 Å². The number of carbonyl (C=O) groups excluding carboxylic acids is 2. The van der Waals surface area contributed by atoms with Crippen LogP contribution in [0, 0.1) is 11.2 Å². The molecule has 45 heavy (non-hydrogen) atoms. The van der Waals surface area contributed by atoms with Gasteiger partial charge in [-0.05, 0) is 75.6 Å². The van der Waals surface area contributed by atoms with Crippen LogP contribution in [0.15, 0.2) is 17.0 Å². The Bertz CT molecular complexity index is 1570. The molecule has 3 aliphatic heterocycles. The summed E-state index contributed by atoms with van der Waals surface area (Å²) in [4.78, 5) is 27.4. The van der Waals surface area contributed by atoms with E-state index in [0.717, 1.165) is 19.6 Å². The van der Waals surface area contributed by atoms with Gasteiger partial charge < -0.3 is 35.3 Å². The van der Waals surface area contributed by atoms with Crippen LogP contribution in [-0.4, -0.2) is 74.0 Å². The van der Waals surface area contributed by atoms with Crippen LogP contribution < -0.4 is 16.4 Å². The number of primary amides is 1. The number of ether oxygens (including phenoxy) is 2. The number of sulfone groups is 1. The Morgan fingerprint density at radius 3 is 2.53 bits per heavy atom. The van der Waals surface area contributed by atoms with Crippen molar-refractivity contribution in [2.45, 2.75) is 95.5 Å². The number of nitrogens with two attached hydrogens (primary N) is 1. The molecule has 0 spiro atoms. The maximum atomic E-state index is 15.7. The van der Waals surface area contributed by atoms with Crippen LogP contribution in [0.4, 0.5) is 14.9 Å². The van der Waals surface area contributed by atoms with Crippen LogP contribution >= 0.6 is 0 Å². The maximum absolute atomic E-state index is 15.7. The summed E-state index contributed by atoms with van der Waals surface area (Å²) in [7, 11) is -3.58. The van der Waals surface area contributed by atoms with Crippen LogP contribution in [0.3, 0.4) is 0 Å². The highest BCUT2D eigenvalue weighted by molar-refractivity contribution is 7.91. The third-order valence-electron chi connectivity index (χ3n) is 9.48. The van der Waals surface area contributed by atoms with E-state index in [1.807, 2.05) is 13.8 Å². The summed E-state index contributed by atoms with van der Waals surface area (Å²) in [5.74, 6) is -1.65. The topological polar surface area (TPSA) is 145 Å². The number of alkyl carbamates (subject to hydrolysis) is 1. The van der Waals surface area contributed by atoms with Crippen LogP contribution in [0.25, 0.3) is 5.69 Å². The second-order valence-electron chi connectivity index (χ2n) is 13.7. The molecular formula is C32H44FN5O6S. The zero-order valence-electron chi connectivity index (χ0n) is 26.1. The van der Waals surface area contributed by atoms with Crippen LogP contribution in [0.1, 0.15) is 86.1 Å². The van der Waals surface area contributed by atoms with Gasteiger partial charge in [0.25, 0.3) is 5.91 Å². The van der Waals surface area contributed by atoms with Crippen molar-refractivity contribution in [3.63, 3.8) is 0 Å². The average Bonchev–Trinajstić information content (AvgIpc) is 3.53. The summed E-state index contributed by atoms with van der Waals surface area (Å²) in [6, 6.07) is 2.81. The lowest BCUT2D eigenvalue weighted by Gasteiger charge is -2.31. The number of anilines is 1. The molecule has 2 amide bonds. The number of benzene rings is 1. The Morgan fingerprint density at radius 1 is 1.09 bits per heavy atom. The minimum atomic E-state index is -3.58. The smallest absolute Gasteiger partial charge is 0.407 e. The fourth-order valence-corrected chi connectivity index (χ4v) is 9.86. The molecule has 2 aromatic rings. The van der Waals surface area contributed by atoms with E-state index in [1.165, 1.54) is 25.3 Å². The molecule has 4 aliphatic rings. The maximum Gasteiger partial charge on any atom is 0.407 e. The van der Waals surface area contributed by atoms with Crippen molar-refractivity contribution in [2.24, 2.45) is 11.1 Å². The molecule has 0 radical (unpaired) electrons. The summed E-state index contributed by atoms with van der Waals surface area (Å²) < 4.78 is 55.5. The van der Waals surface area contributed by atoms with E-state index in [2.05, 4.69) is 15.5 Å². The largest absolute Gasteiger partial charge is 0.446 e. The minimum Gasteiger partial charge on any atom is -0.446 e. The standard InChI is InChI=1S/C32H44FN5O6S/c1-32(2)16-26-29(45(41,42)19-32)23-17-43-18-27(23)38(26)21-14-24(33)28(30(34)39)25(15-21)36-20-6-8-22(9-7-20)44-31(40)35-10-13-37-11-4-3-5-12-37/h14-15,20,22,36H,3-13,16-19H2,1-2H3,(H2,34,39)(H,35,40). The Morgan fingerprint density at radius 2 is 1.82 bits per heavy atom. The molecule has 0 atom stereocenters. The molecule has 13 heteroatoms. The van der Waals surface area contributed by atoms with Crippen molar-refractivity contribution >= 4 is 27.5 Å². The molecule has 4 N–H and O–H groups in total. The Balaban J connectivity index is 1.17. The summed E-state index contributed by atoms with van der Waals surface area (Å²) in [5, 5.41) is 6.20. The van der Waals surface area contributed by atoms with Gasteiger partial charge in [0.05, 0.1) is 46.5 Å². The van der Waals surface area contributed by atoms with E-state index in [-0.39, 0.29) is 47.3 Å². The number of likely N-dealkylation sites (tertiary alicyclic amines) is 1. The van der Waals surface area contributed by atoms with Gasteiger partial charge in [-0.3, -0.25) is 4.79 Å². The van der Waals surface area contributed by atoms with Gasteiger partial charge in [0.15, 0.2) is 9.84 Å². The van der Waals surface area contributed by atoms with Crippen molar-refractivity contribution in [2.75, 3.05) is 37.2 Å². The number of hydrogen-bond acceptors (Lipinski definition) is 8. The summed E-state index contributed by atoms with van der Waals surface area (Å²) >= 11 is 0. The number of rotatable bonds is 8. The molecule has 1 aliphatic carbocycles. The van der Waals surface area contributed by atoms with E-state index in [9.17, 15) is 18.0 Å². The normalized spacial score (nSPS) is 24.0.